The van der Waals surface area contributed by atoms with Crippen LogP contribution in [0.25, 0.3) is 0 Å². The maximum Gasteiger partial charge on any atom is 0.427 e. The van der Waals surface area contributed by atoms with Crippen molar-refractivity contribution in [3.63, 3.8) is 0 Å². The van der Waals surface area contributed by atoms with Crippen molar-refractivity contribution in [3.05, 3.63) is 31.8 Å². The molecule has 9 heteroatoms. The summed E-state index contributed by atoms with van der Waals surface area (Å²) < 4.78 is 89.0. The van der Waals surface area contributed by atoms with E-state index >= 15 is 0 Å². The summed E-state index contributed by atoms with van der Waals surface area (Å²) in [7, 11) is 0. The second-order valence-electron chi connectivity index (χ2n) is 3.75. The summed E-state index contributed by atoms with van der Waals surface area (Å²) in [6, 6.07) is 2.79. The Morgan fingerprint density at radius 1 is 0.947 bits per heavy atom. The zero-order chi connectivity index (χ0) is 15.1. The Hall–Kier alpha value is -0.0600. The van der Waals surface area contributed by atoms with Gasteiger partial charge in [-0.25, -0.2) is 4.39 Å². The van der Waals surface area contributed by atoms with Crippen LogP contribution in [0.3, 0.4) is 0 Å². The third kappa shape index (κ3) is 4.20. The van der Waals surface area contributed by atoms with Crippen molar-refractivity contribution < 1.29 is 30.7 Å². The molecule has 108 valence electrons. The fraction of sp³-hybridized carbons (Fsp3) is 0.400. The highest BCUT2D eigenvalue weighted by Crippen LogP contribution is 2.49. The summed E-state index contributed by atoms with van der Waals surface area (Å²) in [5.74, 6) is 0. The first-order valence-corrected chi connectivity index (χ1v) is 6.51. The molecule has 19 heavy (non-hydrogen) atoms. The minimum Gasteiger partial charge on any atom is -0.228 e. The van der Waals surface area contributed by atoms with E-state index in [0.29, 0.717) is 6.07 Å². The van der Waals surface area contributed by atoms with E-state index in [1.165, 1.54) is 6.07 Å². The van der Waals surface area contributed by atoms with Crippen molar-refractivity contribution in [2.75, 3.05) is 0 Å². The first-order valence-electron chi connectivity index (χ1n) is 4.64. The van der Waals surface area contributed by atoms with Crippen LogP contribution in [-0.4, -0.2) is 12.4 Å². The quantitative estimate of drug-likeness (QED) is 0.387. The number of benzene rings is 1. The number of alkyl halides is 7. The second kappa shape index (κ2) is 5.38. The lowest BCUT2D eigenvalue weighted by atomic mass is 9.91. The molecule has 1 aromatic carbocycles. The predicted molar refractivity (Wildman–Crippen MR) is 66.4 cm³/mol. The molecule has 1 atom stereocenters. The fourth-order valence-electron chi connectivity index (χ4n) is 1.42. The molecule has 0 fully saturated rings. The predicted octanol–water partition coefficient (Wildman–Crippen LogP) is 5.73. The standard InChI is InChI=1S/C10H5BrF7I/c11-6-1-5(2-7(19)3-6)8(12,10(16,17)18)4-9(13,14)15/h1-3H,4H2. The van der Waals surface area contributed by atoms with Gasteiger partial charge in [0.15, 0.2) is 0 Å². The van der Waals surface area contributed by atoms with Gasteiger partial charge >= 0.3 is 12.4 Å². The molecule has 0 saturated heterocycles. The molecule has 0 aliphatic heterocycles. The molecule has 1 unspecified atom stereocenters. The third-order valence-corrected chi connectivity index (χ3v) is 3.29. The number of hydrogen-bond donors (Lipinski definition) is 0. The normalized spacial score (nSPS) is 16.3. The van der Waals surface area contributed by atoms with Crippen LogP contribution in [0.2, 0.25) is 0 Å². The van der Waals surface area contributed by atoms with Crippen LogP contribution in [-0.2, 0) is 5.67 Å². The Kier molecular flexibility index (Phi) is 4.81. The molecule has 0 aliphatic rings. The van der Waals surface area contributed by atoms with Crippen molar-refractivity contribution in [3.8, 4) is 0 Å². The Labute approximate surface area is 125 Å². The average molecular weight is 465 g/mol. The van der Waals surface area contributed by atoms with E-state index < -0.39 is 30.0 Å². The maximum atomic E-state index is 14.0. The minimum atomic E-state index is -5.66. The van der Waals surface area contributed by atoms with Crippen LogP contribution in [0.4, 0.5) is 30.7 Å². The summed E-state index contributed by atoms with van der Waals surface area (Å²) in [6.45, 7) is 0. The van der Waals surface area contributed by atoms with Gasteiger partial charge < -0.3 is 0 Å². The molecule has 1 aromatic rings. The Morgan fingerprint density at radius 3 is 1.84 bits per heavy atom. The molecule has 0 aliphatic carbocycles. The van der Waals surface area contributed by atoms with E-state index in [4.69, 9.17) is 0 Å². The highest BCUT2D eigenvalue weighted by atomic mass is 127. The van der Waals surface area contributed by atoms with Gasteiger partial charge in [0.1, 0.15) is 0 Å². The smallest absolute Gasteiger partial charge is 0.228 e. The minimum absolute atomic E-state index is 0.0721. The number of rotatable bonds is 2. The summed E-state index contributed by atoms with van der Waals surface area (Å²) in [5.41, 5.74) is -5.54. The summed E-state index contributed by atoms with van der Waals surface area (Å²) in [6.07, 6.45) is -13.6. The molecule has 0 nitrogen and oxygen atoms in total. The van der Waals surface area contributed by atoms with Crippen molar-refractivity contribution in [2.24, 2.45) is 0 Å². The van der Waals surface area contributed by atoms with Crippen LogP contribution >= 0.6 is 38.5 Å². The molecule has 0 radical (unpaired) electrons. The van der Waals surface area contributed by atoms with Gasteiger partial charge in [-0.05, 0) is 40.8 Å². The van der Waals surface area contributed by atoms with Gasteiger partial charge in [-0.2, -0.15) is 26.3 Å². The highest BCUT2D eigenvalue weighted by Gasteiger charge is 2.62. The lowest BCUT2D eigenvalue weighted by Gasteiger charge is -2.29. The monoisotopic (exact) mass is 464 g/mol. The maximum absolute atomic E-state index is 14.0. The van der Waals surface area contributed by atoms with E-state index in [1.54, 1.807) is 22.6 Å². The Balaban J connectivity index is 3.40. The van der Waals surface area contributed by atoms with Gasteiger partial charge in [-0.15, -0.1) is 0 Å². The lowest BCUT2D eigenvalue weighted by Crippen LogP contribution is -2.42. The van der Waals surface area contributed by atoms with E-state index in [2.05, 4.69) is 15.9 Å². The van der Waals surface area contributed by atoms with E-state index in [0.717, 1.165) is 6.07 Å². The van der Waals surface area contributed by atoms with Crippen molar-refractivity contribution in [1.82, 2.24) is 0 Å². The topological polar surface area (TPSA) is 0 Å². The molecule has 0 heterocycles. The Bertz CT molecular complexity index is 448. The third-order valence-electron chi connectivity index (χ3n) is 2.21. The first-order chi connectivity index (χ1) is 8.35. The second-order valence-corrected chi connectivity index (χ2v) is 5.91. The van der Waals surface area contributed by atoms with Gasteiger partial charge in [0, 0.05) is 13.6 Å². The van der Waals surface area contributed by atoms with Gasteiger partial charge in [-0.1, -0.05) is 15.9 Å². The zero-order valence-electron chi connectivity index (χ0n) is 8.84. The van der Waals surface area contributed by atoms with Gasteiger partial charge in [0.25, 0.3) is 0 Å². The van der Waals surface area contributed by atoms with Gasteiger partial charge in [-0.3, -0.25) is 0 Å². The number of hydrogen-bond acceptors (Lipinski definition) is 0. The molecule has 0 spiro atoms. The highest BCUT2D eigenvalue weighted by molar-refractivity contribution is 14.1. The fourth-order valence-corrected chi connectivity index (χ4v) is 3.02. The summed E-state index contributed by atoms with van der Waals surface area (Å²) >= 11 is 4.42. The Morgan fingerprint density at radius 2 is 1.47 bits per heavy atom. The van der Waals surface area contributed by atoms with Crippen molar-refractivity contribution in [2.45, 2.75) is 24.4 Å². The summed E-state index contributed by atoms with van der Waals surface area (Å²) in [4.78, 5) is 0. The largest absolute Gasteiger partial charge is 0.427 e. The van der Waals surface area contributed by atoms with Gasteiger partial charge in [0.2, 0.25) is 5.67 Å². The van der Waals surface area contributed by atoms with E-state index in [1.807, 2.05) is 0 Å². The van der Waals surface area contributed by atoms with Crippen LogP contribution in [0.5, 0.6) is 0 Å². The van der Waals surface area contributed by atoms with Crippen LogP contribution < -0.4 is 0 Å². The van der Waals surface area contributed by atoms with Gasteiger partial charge in [0.05, 0.1) is 6.42 Å². The number of halogens is 9. The van der Waals surface area contributed by atoms with Crippen molar-refractivity contribution >= 4 is 38.5 Å². The molecule has 1 rings (SSSR count). The van der Waals surface area contributed by atoms with Crippen molar-refractivity contribution in [1.29, 1.82) is 0 Å². The molecule has 0 N–H and O–H groups in total. The molecule has 0 aromatic heterocycles. The molecule has 0 saturated carbocycles. The summed E-state index contributed by atoms with van der Waals surface area (Å²) in [5, 5.41) is 0. The first kappa shape index (κ1) is 17.0. The lowest BCUT2D eigenvalue weighted by molar-refractivity contribution is -0.273. The molecular weight excluding hydrogens is 460 g/mol. The molecular formula is C10H5BrF7I. The SMILES string of the molecule is FC(F)(F)CC(F)(c1cc(Br)cc(I)c1)C(F)(F)F. The van der Waals surface area contributed by atoms with Crippen LogP contribution in [0.15, 0.2) is 22.7 Å². The van der Waals surface area contributed by atoms with Crippen LogP contribution in [0, 0.1) is 3.57 Å². The molecule has 0 bridgehead atoms. The van der Waals surface area contributed by atoms with E-state index in [9.17, 15) is 30.7 Å². The van der Waals surface area contributed by atoms with E-state index in [-0.39, 0.29) is 8.04 Å². The van der Waals surface area contributed by atoms with Crippen LogP contribution in [0.1, 0.15) is 12.0 Å². The average Bonchev–Trinajstić information content (AvgIpc) is 2.11. The molecule has 0 amide bonds. The zero-order valence-corrected chi connectivity index (χ0v) is 12.6.